The summed E-state index contributed by atoms with van der Waals surface area (Å²) in [5.74, 6) is -0.927. The van der Waals surface area contributed by atoms with Gasteiger partial charge in [-0.25, -0.2) is 0 Å². The molecule has 2 amide bonds. The molecule has 1 fully saturated rings. The lowest BCUT2D eigenvalue weighted by Crippen LogP contribution is -2.36. The van der Waals surface area contributed by atoms with E-state index < -0.39 is 5.92 Å². The van der Waals surface area contributed by atoms with Crippen molar-refractivity contribution in [1.82, 2.24) is 0 Å². The molecule has 5 nitrogen and oxygen atoms in total. The van der Waals surface area contributed by atoms with E-state index >= 15 is 0 Å². The Hall–Kier alpha value is -2.95. The van der Waals surface area contributed by atoms with Crippen LogP contribution in [0.1, 0.15) is 31.2 Å². The van der Waals surface area contributed by atoms with E-state index in [1.54, 1.807) is 19.1 Å². The molecule has 0 aromatic heterocycles. The number of hydrogen-bond acceptors (Lipinski definition) is 3. The molecule has 1 saturated carbocycles. The number of rotatable bonds is 4. The van der Waals surface area contributed by atoms with Gasteiger partial charge in [0.25, 0.3) is 5.91 Å². The quantitative estimate of drug-likeness (QED) is 0.870. The van der Waals surface area contributed by atoms with Gasteiger partial charge >= 0.3 is 0 Å². The second-order valence-corrected chi connectivity index (χ2v) is 6.55. The maximum Gasteiger partial charge on any atom is 0.265 e. The normalized spacial score (nSPS) is 19.7. The average molecular weight is 333 g/mol. The number of para-hydroxylation sites is 1. The van der Waals surface area contributed by atoms with Crippen LogP contribution in [-0.4, -0.2) is 17.5 Å². The molecule has 0 spiro atoms. The standard InChI is InChI=1S/C20H19N3O2/c1-13-18(20(25)23(22-13)17-8-3-2-4-9-17)19(24)21-16-7-5-6-15(12-16)14-10-11-14/h2-9,12,14,18H,10-11H2,1H3,(H,21,24). The zero-order valence-corrected chi connectivity index (χ0v) is 14.0. The van der Waals surface area contributed by atoms with Crippen LogP contribution in [0.4, 0.5) is 11.4 Å². The molecule has 1 atom stereocenters. The van der Waals surface area contributed by atoms with Crippen LogP contribution in [0, 0.1) is 5.92 Å². The molecule has 1 N–H and O–H groups in total. The molecule has 2 aliphatic rings. The number of nitrogens with one attached hydrogen (secondary N) is 1. The highest BCUT2D eigenvalue weighted by atomic mass is 16.2. The van der Waals surface area contributed by atoms with Crippen molar-refractivity contribution in [1.29, 1.82) is 0 Å². The number of anilines is 2. The lowest BCUT2D eigenvalue weighted by molar-refractivity contribution is -0.127. The summed E-state index contributed by atoms with van der Waals surface area (Å²) < 4.78 is 0. The van der Waals surface area contributed by atoms with E-state index in [2.05, 4.69) is 16.5 Å². The topological polar surface area (TPSA) is 61.8 Å². The number of carbonyl (C=O) groups is 2. The first-order valence-electron chi connectivity index (χ1n) is 8.48. The molecule has 4 rings (SSSR count). The number of benzene rings is 2. The maximum absolute atomic E-state index is 12.7. The van der Waals surface area contributed by atoms with Crippen LogP contribution in [0.5, 0.6) is 0 Å². The Labute approximate surface area is 146 Å². The number of hydrazone groups is 1. The van der Waals surface area contributed by atoms with Crippen molar-refractivity contribution >= 4 is 28.9 Å². The number of nitrogens with zero attached hydrogens (tertiary/aromatic N) is 2. The molecule has 1 heterocycles. The molecule has 2 aromatic rings. The molecule has 1 aliphatic carbocycles. The molecular weight excluding hydrogens is 314 g/mol. The number of hydrogen-bond donors (Lipinski definition) is 1. The highest BCUT2D eigenvalue weighted by molar-refractivity contribution is 6.28. The van der Waals surface area contributed by atoms with E-state index in [4.69, 9.17) is 0 Å². The zero-order chi connectivity index (χ0) is 17.4. The summed E-state index contributed by atoms with van der Waals surface area (Å²) in [5.41, 5.74) is 3.14. The van der Waals surface area contributed by atoms with Crippen LogP contribution in [0.25, 0.3) is 0 Å². The minimum Gasteiger partial charge on any atom is -0.325 e. The van der Waals surface area contributed by atoms with Gasteiger partial charge in [0.1, 0.15) is 0 Å². The predicted molar refractivity (Wildman–Crippen MR) is 97.6 cm³/mol. The lowest BCUT2D eigenvalue weighted by Gasteiger charge is -2.14. The molecule has 1 aliphatic heterocycles. The predicted octanol–water partition coefficient (Wildman–Crippen LogP) is 3.54. The van der Waals surface area contributed by atoms with E-state index in [1.165, 1.54) is 23.4 Å². The van der Waals surface area contributed by atoms with Crippen LogP contribution < -0.4 is 10.3 Å². The molecule has 0 saturated heterocycles. The molecule has 5 heteroatoms. The van der Waals surface area contributed by atoms with Crippen molar-refractivity contribution in [2.45, 2.75) is 25.7 Å². The average Bonchev–Trinajstić information content (AvgIpc) is 3.41. The molecule has 0 bridgehead atoms. The van der Waals surface area contributed by atoms with Gasteiger partial charge in [-0.1, -0.05) is 30.3 Å². The van der Waals surface area contributed by atoms with Crippen LogP contribution in [0.15, 0.2) is 59.7 Å². The van der Waals surface area contributed by atoms with Crippen molar-refractivity contribution in [2.24, 2.45) is 11.0 Å². The Morgan fingerprint density at radius 2 is 1.88 bits per heavy atom. The Morgan fingerprint density at radius 3 is 2.60 bits per heavy atom. The van der Waals surface area contributed by atoms with Crippen molar-refractivity contribution < 1.29 is 9.59 Å². The van der Waals surface area contributed by atoms with Gasteiger partial charge in [0, 0.05) is 5.69 Å². The first kappa shape index (κ1) is 15.6. The second-order valence-electron chi connectivity index (χ2n) is 6.55. The summed E-state index contributed by atoms with van der Waals surface area (Å²) in [5, 5.41) is 8.46. The maximum atomic E-state index is 12.7. The second kappa shape index (κ2) is 6.16. The third-order valence-corrected chi connectivity index (χ3v) is 4.60. The zero-order valence-electron chi connectivity index (χ0n) is 14.0. The number of amides is 2. The van der Waals surface area contributed by atoms with E-state index in [0.29, 0.717) is 17.3 Å². The molecule has 25 heavy (non-hydrogen) atoms. The highest BCUT2D eigenvalue weighted by Gasteiger charge is 2.39. The SMILES string of the molecule is CC1=NN(c2ccccc2)C(=O)C1C(=O)Nc1cccc(C2CC2)c1. The van der Waals surface area contributed by atoms with Gasteiger partial charge in [0.2, 0.25) is 5.91 Å². The minimum absolute atomic E-state index is 0.320. The van der Waals surface area contributed by atoms with Gasteiger partial charge in [-0.3, -0.25) is 9.59 Å². The smallest absolute Gasteiger partial charge is 0.265 e. The van der Waals surface area contributed by atoms with Crippen molar-refractivity contribution in [3.63, 3.8) is 0 Å². The fourth-order valence-corrected chi connectivity index (χ4v) is 3.12. The van der Waals surface area contributed by atoms with Gasteiger partial charge in [0.05, 0.1) is 11.4 Å². The van der Waals surface area contributed by atoms with Crippen LogP contribution >= 0.6 is 0 Å². The van der Waals surface area contributed by atoms with Crippen LogP contribution in [0.2, 0.25) is 0 Å². The third kappa shape index (κ3) is 3.05. The summed E-state index contributed by atoms with van der Waals surface area (Å²) >= 11 is 0. The van der Waals surface area contributed by atoms with Gasteiger partial charge in [0.15, 0.2) is 5.92 Å². The Bertz CT molecular complexity index is 856. The Balaban J connectivity index is 1.51. The Kier molecular flexibility index (Phi) is 3.84. The molecule has 1 unspecified atom stereocenters. The van der Waals surface area contributed by atoms with E-state index in [0.717, 1.165) is 5.69 Å². The summed E-state index contributed by atoms with van der Waals surface area (Å²) in [6, 6.07) is 17.0. The first-order chi connectivity index (χ1) is 12.1. The van der Waals surface area contributed by atoms with Gasteiger partial charge in [-0.05, 0) is 55.5 Å². The van der Waals surface area contributed by atoms with Gasteiger partial charge in [-0.2, -0.15) is 10.1 Å². The summed E-state index contributed by atoms with van der Waals surface area (Å²) in [6.07, 6.45) is 2.41. The lowest BCUT2D eigenvalue weighted by atomic mass is 10.0. The summed E-state index contributed by atoms with van der Waals surface area (Å²) in [4.78, 5) is 25.4. The molecule has 126 valence electrons. The molecular formula is C20H19N3O2. The van der Waals surface area contributed by atoms with Crippen LogP contribution in [0.3, 0.4) is 0 Å². The number of carbonyl (C=O) groups excluding carboxylic acids is 2. The van der Waals surface area contributed by atoms with E-state index in [-0.39, 0.29) is 11.8 Å². The van der Waals surface area contributed by atoms with Crippen molar-refractivity contribution in [3.8, 4) is 0 Å². The highest BCUT2D eigenvalue weighted by Crippen LogP contribution is 2.40. The molecule has 2 aromatic carbocycles. The Morgan fingerprint density at radius 1 is 1.12 bits per heavy atom. The van der Waals surface area contributed by atoms with E-state index in [1.807, 2.05) is 36.4 Å². The van der Waals surface area contributed by atoms with Gasteiger partial charge < -0.3 is 5.32 Å². The first-order valence-corrected chi connectivity index (χ1v) is 8.48. The monoisotopic (exact) mass is 333 g/mol. The van der Waals surface area contributed by atoms with Crippen LogP contribution in [-0.2, 0) is 9.59 Å². The third-order valence-electron chi connectivity index (χ3n) is 4.60. The fraction of sp³-hybridized carbons (Fsp3) is 0.250. The summed E-state index contributed by atoms with van der Waals surface area (Å²) in [6.45, 7) is 1.71. The fourth-order valence-electron chi connectivity index (χ4n) is 3.12. The summed E-state index contributed by atoms with van der Waals surface area (Å²) in [7, 11) is 0. The largest absolute Gasteiger partial charge is 0.325 e. The minimum atomic E-state index is -0.884. The van der Waals surface area contributed by atoms with E-state index in [9.17, 15) is 9.59 Å². The van der Waals surface area contributed by atoms with Gasteiger partial charge in [-0.15, -0.1) is 0 Å². The van der Waals surface area contributed by atoms with Crippen molar-refractivity contribution in [3.05, 3.63) is 60.2 Å². The van der Waals surface area contributed by atoms with Crippen molar-refractivity contribution in [2.75, 3.05) is 10.3 Å². The molecule has 0 radical (unpaired) electrons.